The average Bonchev–Trinajstić information content (AvgIpc) is 2.45. The molecule has 0 amide bonds. The second-order valence-electron chi connectivity index (χ2n) is 4.77. The molecule has 4 heteroatoms. The fourth-order valence-electron chi connectivity index (χ4n) is 2.15. The number of hydrogen-bond donors (Lipinski definition) is 0. The highest BCUT2D eigenvalue weighted by molar-refractivity contribution is 9.10. The molecule has 0 saturated heterocycles. The van der Waals surface area contributed by atoms with Crippen LogP contribution in [-0.4, -0.2) is 5.88 Å². The van der Waals surface area contributed by atoms with Crippen LogP contribution in [0.25, 0.3) is 0 Å². The SMILES string of the molecule is Fc1cccc(CC(CCl)Cc2ccc(Br)cc2)c1F. The lowest BCUT2D eigenvalue weighted by atomic mass is 9.94. The van der Waals surface area contributed by atoms with Crippen LogP contribution >= 0.6 is 27.5 Å². The first-order valence-electron chi connectivity index (χ1n) is 6.33. The number of hydrogen-bond acceptors (Lipinski definition) is 0. The predicted octanol–water partition coefficient (Wildman–Crippen LogP) is 5.37. The van der Waals surface area contributed by atoms with Crippen molar-refractivity contribution in [3.63, 3.8) is 0 Å². The molecular formula is C16H14BrClF2. The van der Waals surface area contributed by atoms with Crippen molar-refractivity contribution >= 4 is 27.5 Å². The average molecular weight is 360 g/mol. The third-order valence-electron chi connectivity index (χ3n) is 3.20. The second kappa shape index (κ2) is 7.19. The van der Waals surface area contributed by atoms with Crippen LogP contribution in [-0.2, 0) is 12.8 Å². The van der Waals surface area contributed by atoms with Crippen LogP contribution in [0.2, 0.25) is 0 Å². The standard InChI is InChI=1S/C16H14BrClF2/c17-14-6-4-11(5-7-14)8-12(10-18)9-13-2-1-3-15(19)16(13)20/h1-7,12H,8-10H2. The molecule has 1 unspecified atom stereocenters. The van der Waals surface area contributed by atoms with E-state index in [2.05, 4.69) is 15.9 Å². The molecule has 0 radical (unpaired) electrons. The quantitative estimate of drug-likeness (QED) is 0.630. The van der Waals surface area contributed by atoms with Crippen molar-refractivity contribution in [1.82, 2.24) is 0 Å². The van der Waals surface area contributed by atoms with E-state index in [0.29, 0.717) is 17.9 Å². The summed E-state index contributed by atoms with van der Waals surface area (Å²) < 4.78 is 27.9. The van der Waals surface area contributed by atoms with Crippen LogP contribution < -0.4 is 0 Å². The number of alkyl halides is 1. The van der Waals surface area contributed by atoms with E-state index < -0.39 is 11.6 Å². The summed E-state index contributed by atoms with van der Waals surface area (Å²) in [7, 11) is 0. The lowest BCUT2D eigenvalue weighted by Gasteiger charge is -2.15. The van der Waals surface area contributed by atoms with E-state index in [-0.39, 0.29) is 5.92 Å². The van der Waals surface area contributed by atoms with Gasteiger partial charge in [-0.1, -0.05) is 40.2 Å². The molecule has 2 aromatic carbocycles. The minimum atomic E-state index is -0.806. The van der Waals surface area contributed by atoms with E-state index in [1.54, 1.807) is 6.07 Å². The summed E-state index contributed by atoms with van der Waals surface area (Å²) in [5.74, 6) is -1.08. The number of benzene rings is 2. The highest BCUT2D eigenvalue weighted by atomic mass is 79.9. The number of halogens is 4. The second-order valence-corrected chi connectivity index (χ2v) is 5.99. The molecule has 0 nitrogen and oxygen atoms in total. The molecule has 0 aliphatic heterocycles. The Morgan fingerprint density at radius 1 is 1.00 bits per heavy atom. The summed E-state index contributed by atoms with van der Waals surface area (Å²) in [6.07, 6.45) is 1.18. The van der Waals surface area contributed by atoms with Gasteiger partial charge < -0.3 is 0 Å². The van der Waals surface area contributed by atoms with Crippen molar-refractivity contribution in [3.05, 3.63) is 69.7 Å². The van der Waals surface area contributed by atoms with E-state index in [0.717, 1.165) is 22.5 Å². The summed E-state index contributed by atoms with van der Waals surface area (Å²) in [6.45, 7) is 0. The molecule has 2 aromatic rings. The Morgan fingerprint density at radius 2 is 1.70 bits per heavy atom. The van der Waals surface area contributed by atoms with E-state index >= 15 is 0 Å². The van der Waals surface area contributed by atoms with Gasteiger partial charge >= 0.3 is 0 Å². The molecule has 0 fully saturated rings. The third-order valence-corrected chi connectivity index (χ3v) is 4.16. The zero-order valence-electron chi connectivity index (χ0n) is 10.8. The van der Waals surface area contributed by atoms with Crippen molar-refractivity contribution in [2.24, 2.45) is 5.92 Å². The molecule has 0 N–H and O–H groups in total. The van der Waals surface area contributed by atoms with Crippen LogP contribution in [0.5, 0.6) is 0 Å². The van der Waals surface area contributed by atoms with E-state index in [1.165, 1.54) is 6.07 Å². The smallest absolute Gasteiger partial charge is 0.162 e. The van der Waals surface area contributed by atoms with Crippen molar-refractivity contribution in [3.8, 4) is 0 Å². The highest BCUT2D eigenvalue weighted by Crippen LogP contribution is 2.21. The number of rotatable bonds is 5. The lowest BCUT2D eigenvalue weighted by molar-refractivity contribution is 0.484. The molecule has 20 heavy (non-hydrogen) atoms. The first-order valence-corrected chi connectivity index (χ1v) is 7.66. The Labute approximate surface area is 130 Å². The van der Waals surface area contributed by atoms with E-state index in [1.807, 2.05) is 24.3 Å². The predicted molar refractivity (Wildman–Crippen MR) is 82.1 cm³/mol. The monoisotopic (exact) mass is 358 g/mol. The summed E-state index contributed by atoms with van der Waals surface area (Å²) >= 11 is 9.35. The van der Waals surface area contributed by atoms with Gasteiger partial charge in [-0.25, -0.2) is 8.78 Å². The Hall–Kier alpha value is -0.930. The molecule has 0 bridgehead atoms. The van der Waals surface area contributed by atoms with Gasteiger partial charge in [0.2, 0.25) is 0 Å². The maximum atomic E-state index is 13.7. The minimum Gasteiger partial charge on any atom is -0.204 e. The Kier molecular flexibility index (Phi) is 5.55. The fraction of sp³-hybridized carbons (Fsp3) is 0.250. The summed E-state index contributed by atoms with van der Waals surface area (Å²) in [5.41, 5.74) is 1.52. The lowest BCUT2D eigenvalue weighted by Crippen LogP contribution is -2.11. The molecule has 0 aromatic heterocycles. The van der Waals surface area contributed by atoms with Gasteiger partial charge in [-0.05, 0) is 48.1 Å². The Balaban J connectivity index is 2.09. The van der Waals surface area contributed by atoms with Crippen LogP contribution in [0.15, 0.2) is 46.9 Å². The third kappa shape index (κ3) is 4.03. The molecule has 0 aliphatic carbocycles. The van der Waals surface area contributed by atoms with Crippen molar-refractivity contribution in [1.29, 1.82) is 0 Å². The van der Waals surface area contributed by atoms with Crippen LogP contribution in [0.3, 0.4) is 0 Å². The van der Waals surface area contributed by atoms with Crippen LogP contribution in [0, 0.1) is 17.6 Å². The first-order chi connectivity index (χ1) is 9.60. The zero-order chi connectivity index (χ0) is 14.5. The van der Waals surface area contributed by atoms with Crippen LogP contribution in [0.4, 0.5) is 8.78 Å². The normalized spacial score (nSPS) is 12.4. The van der Waals surface area contributed by atoms with Crippen molar-refractivity contribution in [2.75, 3.05) is 5.88 Å². The Morgan fingerprint density at radius 3 is 2.35 bits per heavy atom. The van der Waals surface area contributed by atoms with Gasteiger partial charge in [0, 0.05) is 10.4 Å². The summed E-state index contributed by atoms with van der Waals surface area (Å²) in [6, 6.07) is 12.2. The molecule has 0 saturated carbocycles. The van der Waals surface area contributed by atoms with E-state index in [9.17, 15) is 8.78 Å². The topological polar surface area (TPSA) is 0 Å². The molecular weight excluding hydrogens is 346 g/mol. The Bertz CT molecular complexity index is 569. The van der Waals surface area contributed by atoms with Gasteiger partial charge in [-0.15, -0.1) is 11.6 Å². The van der Waals surface area contributed by atoms with Gasteiger partial charge in [0.1, 0.15) is 0 Å². The molecule has 2 rings (SSSR count). The summed E-state index contributed by atoms with van der Waals surface area (Å²) in [5, 5.41) is 0. The largest absolute Gasteiger partial charge is 0.204 e. The van der Waals surface area contributed by atoms with Gasteiger partial charge in [0.05, 0.1) is 0 Å². The van der Waals surface area contributed by atoms with Gasteiger partial charge in [0.25, 0.3) is 0 Å². The van der Waals surface area contributed by atoms with E-state index in [4.69, 9.17) is 11.6 Å². The van der Waals surface area contributed by atoms with Gasteiger partial charge in [0.15, 0.2) is 11.6 Å². The molecule has 1 atom stereocenters. The van der Waals surface area contributed by atoms with Gasteiger partial charge in [-0.3, -0.25) is 0 Å². The maximum Gasteiger partial charge on any atom is 0.162 e. The zero-order valence-corrected chi connectivity index (χ0v) is 13.1. The maximum absolute atomic E-state index is 13.7. The fourth-order valence-corrected chi connectivity index (χ4v) is 2.63. The molecule has 0 heterocycles. The van der Waals surface area contributed by atoms with Gasteiger partial charge in [-0.2, -0.15) is 0 Å². The van der Waals surface area contributed by atoms with Crippen molar-refractivity contribution < 1.29 is 8.78 Å². The first kappa shape index (κ1) is 15.5. The van der Waals surface area contributed by atoms with Crippen molar-refractivity contribution in [2.45, 2.75) is 12.8 Å². The molecule has 0 spiro atoms. The minimum absolute atomic E-state index is 0.0779. The molecule has 106 valence electrons. The summed E-state index contributed by atoms with van der Waals surface area (Å²) in [4.78, 5) is 0. The molecule has 0 aliphatic rings. The highest BCUT2D eigenvalue weighted by Gasteiger charge is 2.14. The van der Waals surface area contributed by atoms with Crippen LogP contribution in [0.1, 0.15) is 11.1 Å².